The van der Waals surface area contributed by atoms with Gasteiger partial charge in [0, 0.05) is 6.42 Å². The molecule has 0 rings (SSSR count). The third-order valence-corrected chi connectivity index (χ3v) is 1.20. The van der Waals surface area contributed by atoms with Gasteiger partial charge in [-0.25, -0.2) is 0 Å². The molecule has 0 aromatic rings. The molecule has 0 spiro atoms. The van der Waals surface area contributed by atoms with Crippen LogP contribution in [0.1, 0.15) is 26.7 Å². The number of hydrogen-bond donors (Lipinski definition) is 3. The lowest BCUT2D eigenvalue weighted by Crippen LogP contribution is -2.13. The van der Waals surface area contributed by atoms with E-state index < -0.39 is 23.8 Å². The van der Waals surface area contributed by atoms with Crippen molar-refractivity contribution in [2.45, 2.75) is 26.7 Å². The van der Waals surface area contributed by atoms with Gasteiger partial charge >= 0.3 is 17.9 Å². The maximum atomic E-state index is 9.97. The molecule has 0 saturated heterocycles. The summed E-state index contributed by atoms with van der Waals surface area (Å²) in [5.74, 6) is -3.69. The smallest absolute Gasteiger partial charge is 0.306 e. The average molecular weight is 206 g/mol. The number of carboxylic acids is 3. The highest BCUT2D eigenvalue weighted by Gasteiger charge is 2.13. The number of rotatable bonds is 4. The second-order valence-corrected chi connectivity index (χ2v) is 2.58. The Hall–Kier alpha value is -1.59. The van der Waals surface area contributed by atoms with Crippen LogP contribution in [0.15, 0.2) is 0 Å². The highest BCUT2D eigenvalue weighted by molar-refractivity contribution is 5.77. The molecule has 0 heterocycles. The van der Waals surface area contributed by atoms with E-state index in [0.717, 1.165) is 0 Å². The molecule has 0 fully saturated rings. The zero-order chi connectivity index (χ0) is 11.7. The fourth-order valence-corrected chi connectivity index (χ4v) is 0.349. The molecule has 6 heteroatoms. The maximum absolute atomic E-state index is 9.97. The molecule has 0 radical (unpaired) electrons. The SMILES string of the molecule is CC(CC(=O)O)C(=O)O.CCC(=O)O. The molecule has 82 valence electrons. The zero-order valence-electron chi connectivity index (χ0n) is 8.06. The number of hydrogen-bond acceptors (Lipinski definition) is 3. The van der Waals surface area contributed by atoms with Crippen LogP contribution in [0.5, 0.6) is 0 Å². The van der Waals surface area contributed by atoms with E-state index in [-0.39, 0.29) is 12.8 Å². The summed E-state index contributed by atoms with van der Waals surface area (Å²) >= 11 is 0. The van der Waals surface area contributed by atoms with E-state index in [0.29, 0.717) is 0 Å². The van der Waals surface area contributed by atoms with E-state index >= 15 is 0 Å². The molecule has 6 nitrogen and oxygen atoms in total. The van der Waals surface area contributed by atoms with Crippen molar-refractivity contribution >= 4 is 17.9 Å². The fraction of sp³-hybridized carbons (Fsp3) is 0.625. The molecule has 14 heavy (non-hydrogen) atoms. The monoisotopic (exact) mass is 206 g/mol. The second kappa shape index (κ2) is 8.03. The zero-order valence-corrected chi connectivity index (χ0v) is 8.06. The van der Waals surface area contributed by atoms with E-state index in [1.165, 1.54) is 6.92 Å². The first kappa shape index (κ1) is 14.9. The normalized spacial score (nSPS) is 10.7. The quantitative estimate of drug-likeness (QED) is 0.623. The Bertz CT molecular complexity index is 210. The number of carbonyl (C=O) groups is 3. The van der Waals surface area contributed by atoms with Gasteiger partial charge < -0.3 is 15.3 Å². The van der Waals surface area contributed by atoms with E-state index in [1.54, 1.807) is 6.92 Å². The van der Waals surface area contributed by atoms with Gasteiger partial charge in [0.05, 0.1) is 12.3 Å². The topological polar surface area (TPSA) is 112 Å². The lowest BCUT2D eigenvalue weighted by atomic mass is 10.1. The first-order chi connectivity index (χ1) is 6.31. The summed E-state index contributed by atoms with van der Waals surface area (Å²) in [6.07, 6.45) is -0.0880. The predicted molar refractivity (Wildman–Crippen MR) is 47.0 cm³/mol. The van der Waals surface area contributed by atoms with Crippen LogP contribution in [0.3, 0.4) is 0 Å². The van der Waals surface area contributed by atoms with E-state index in [2.05, 4.69) is 0 Å². The Morgan fingerprint density at radius 2 is 1.43 bits per heavy atom. The molecule has 0 bridgehead atoms. The van der Waals surface area contributed by atoms with E-state index in [1.807, 2.05) is 0 Å². The molecule has 1 atom stereocenters. The Labute approximate surface area is 81.2 Å². The summed E-state index contributed by atoms with van der Waals surface area (Å²) in [4.78, 5) is 29.2. The predicted octanol–water partition coefficient (Wildman–Crippen LogP) is 0.663. The molecule has 0 aromatic carbocycles. The summed E-state index contributed by atoms with van der Waals surface area (Å²) < 4.78 is 0. The van der Waals surface area contributed by atoms with Gasteiger partial charge in [-0.1, -0.05) is 13.8 Å². The summed E-state index contributed by atoms with van der Waals surface area (Å²) in [6.45, 7) is 2.96. The molecule has 1 unspecified atom stereocenters. The molecule has 0 aliphatic heterocycles. The average Bonchev–Trinajstić information content (AvgIpc) is 2.04. The van der Waals surface area contributed by atoms with Crippen LogP contribution in [-0.2, 0) is 14.4 Å². The minimum Gasteiger partial charge on any atom is -0.481 e. The van der Waals surface area contributed by atoms with Gasteiger partial charge in [-0.05, 0) is 0 Å². The first-order valence-corrected chi connectivity index (χ1v) is 3.97. The van der Waals surface area contributed by atoms with Crippen molar-refractivity contribution in [2.75, 3.05) is 0 Å². The van der Waals surface area contributed by atoms with Crippen molar-refractivity contribution in [3.05, 3.63) is 0 Å². The van der Waals surface area contributed by atoms with Crippen molar-refractivity contribution in [1.82, 2.24) is 0 Å². The largest absolute Gasteiger partial charge is 0.481 e. The fourth-order valence-electron chi connectivity index (χ4n) is 0.349. The highest BCUT2D eigenvalue weighted by Crippen LogP contribution is 1.99. The van der Waals surface area contributed by atoms with Gasteiger partial charge in [0.15, 0.2) is 0 Å². The minimum absolute atomic E-state index is 0.222. The highest BCUT2D eigenvalue weighted by atomic mass is 16.4. The third-order valence-electron chi connectivity index (χ3n) is 1.20. The van der Waals surface area contributed by atoms with Crippen LogP contribution in [0.25, 0.3) is 0 Å². The van der Waals surface area contributed by atoms with Crippen molar-refractivity contribution in [3.63, 3.8) is 0 Å². The summed E-state index contributed by atoms with van der Waals surface area (Å²) in [5.41, 5.74) is 0. The summed E-state index contributed by atoms with van der Waals surface area (Å²) in [7, 11) is 0. The maximum Gasteiger partial charge on any atom is 0.306 e. The van der Waals surface area contributed by atoms with Crippen molar-refractivity contribution in [3.8, 4) is 0 Å². The van der Waals surface area contributed by atoms with E-state index in [9.17, 15) is 14.4 Å². The number of aliphatic carboxylic acids is 3. The van der Waals surface area contributed by atoms with Crippen molar-refractivity contribution < 1.29 is 29.7 Å². The Kier molecular flexibility index (Phi) is 8.55. The Balaban J connectivity index is 0. The van der Waals surface area contributed by atoms with Crippen molar-refractivity contribution in [1.29, 1.82) is 0 Å². The van der Waals surface area contributed by atoms with Gasteiger partial charge in [-0.3, -0.25) is 14.4 Å². The molecule has 0 aliphatic carbocycles. The summed E-state index contributed by atoms with van der Waals surface area (Å²) in [6, 6.07) is 0. The minimum atomic E-state index is -1.08. The van der Waals surface area contributed by atoms with Gasteiger partial charge in [0.25, 0.3) is 0 Å². The molecule has 0 aromatic heterocycles. The van der Waals surface area contributed by atoms with E-state index in [4.69, 9.17) is 15.3 Å². The van der Waals surface area contributed by atoms with Gasteiger partial charge in [0.1, 0.15) is 0 Å². The van der Waals surface area contributed by atoms with Gasteiger partial charge in [0.2, 0.25) is 0 Å². The molecule has 3 N–H and O–H groups in total. The molecule has 0 saturated carbocycles. The van der Waals surface area contributed by atoms with Crippen LogP contribution >= 0.6 is 0 Å². The van der Waals surface area contributed by atoms with Crippen LogP contribution in [0, 0.1) is 5.92 Å². The lowest BCUT2D eigenvalue weighted by molar-refractivity contribution is -0.147. The van der Waals surface area contributed by atoms with Crippen molar-refractivity contribution in [2.24, 2.45) is 5.92 Å². The lowest BCUT2D eigenvalue weighted by Gasteiger charge is -1.98. The molecule has 0 aliphatic rings. The molecular weight excluding hydrogens is 192 g/mol. The van der Waals surface area contributed by atoms with Crippen LogP contribution in [0.4, 0.5) is 0 Å². The Morgan fingerprint density at radius 1 is 1.07 bits per heavy atom. The first-order valence-electron chi connectivity index (χ1n) is 3.97. The second-order valence-electron chi connectivity index (χ2n) is 2.58. The Morgan fingerprint density at radius 3 is 1.50 bits per heavy atom. The van der Waals surface area contributed by atoms with Gasteiger partial charge in [-0.2, -0.15) is 0 Å². The van der Waals surface area contributed by atoms with Crippen LogP contribution < -0.4 is 0 Å². The van der Waals surface area contributed by atoms with Crippen LogP contribution in [0.2, 0.25) is 0 Å². The summed E-state index contributed by atoms with van der Waals surface area (Å²) in [5, 5.41) is 24.0. The molecule has 0 amide bonds. The molecular formula is C8H14O6. The number of carboxylic acid groups (broad SMARTS) is 3. The standard InChI is InChI=1S/C5H8O4.C3H6O2/c1-3(5(8)9)2-4(6)7;1-2-3(4)5/h3H,2H2,1H3,(H,6,7)(H,8,9);2H2,1H3,(H,4,5). The van der Waals surface area contributed by atoms with Gasteiger partial charge in [-0.15, -0.1) is 0 Å². The van der Waals surface area contributed by atoms with Crippen LogP contribution in [-0.4, -0.2) is 33.2 Å². The third kappa shape index (κ3) is 13.0.